The van der Waals surface area contributed by atoms with Gasteiger partial charge in [-0.15, -0.1) is 0 Å². The fourth-order valence-corrected chi connectivity index (χ4v) is 2.58. The zero-order chi connectivity index (χ0) is 13.9. The van der Waals surface area contributed by atoms with Crippen molar-refractivity contribution in [2.75, 3.05) is 44.4 Å². The van der Waals surface area contributed by atoms with Gasteiger partial charge < -0.3 is 15.5 Å². The minimum Gasteiger partial charge on any atom is -0.368 e. The monoisotopic (exact) mass is 327 g/mol. The smallest absolute Gasteiger partial charge is 0.224 e. The molecule has 2 heterocycles. The fraction of sp³-hybridized carbons (Fsp3) is 0.692. The molecule has 6 heteroatoms. The van der Waals surface area contributed by atoms with Crippen molar-refractivity contribution in [3.05, 3.63) is 10.7 Å². The number of nitrogens with zero attached hydrogens (tertiary/aromatic N) is 3. The highest BCUT2D eigenvalue weighted by Gasteiger charge is 2.28. The molecule has 0 unspecified atom stereocenters. The number of piperidine rings is 1. The van der Waals surface area contributed by atoms with E-state index in [4.69, 9.17) is 0 Å². The number of hydrogen-bond acceptors (Lipinski definition) is 5. The third-order valence-corrected chi connectivity index (χ3v) is 4.42. The largest absolute Gasteiger partial charge is 0.368 e. The van der Waals surface area contributed by atoms with Gasteiger partial charge in [0.25, 0.3) is 0 Å². The van der Waals surface area contributed by atoms with Gasteiger partial charge in [0.1, 0.15) is 5.82 Å². The minimum atomic E-state index is 0.344. The standard InChI is InChI=1S/C13H22BrN5/c1-13(4-6-19(3)7-5-13)9-17-11-10(14)8-16-12(15-2)18-11/h8H,4-7,9H2,1-3H3,(H2,15,16,17,18). The first-order valence-corrected chi connectivity index (χ1v) is 7.44. The predicted octanol–water partition coefficient (Wildman–Crippen LogP) is 2.42. The second-order valence-electron chi connectivity index (χ2n) is 5.61. The molecule has 0 bridgehead atoms. The number of likely N-dealkylation sites (tertiary alicyclic amines) is 1. The lowest BCUT2D eigenvalue weighted by atomic mass is 9.80. The second-order valence-corrected chi connectivity index (χ2v) is 6.46. The maximum Gasteiger partial charge on any atom is 0.224 e. The van der Waals surface area contributed by atoms with Gasteiger partial charge in [-0.05, 0) is 54.3 Å². The lowest BCUT2D eigenvalue weighted by molar-refractivity contribution is 0.150. The van der Waals surface area contributed by atoms with Crippen LogP contribution in [0.15, 0.2) is 10.7 Å². The normalized spacial score (nSPS) is 19.2. The van der Waals surface area contributed by atoms with Crippen LogP contribution in [-0.2, 0) is 0 Å². The first kappa shape index (κ1) is 14.5. The molecule has 2 rings (SSSR count). The Kier molecular flexibility index (Phi) is 4.62. The summed E-state index contributed by atoms with van der Waals surface area (Å²) in [7, 11) is 4.01. The summed E-state index contributed by atoms with van der Waals surface area (Å²) < 4.78 is 0.906. The predicted molar refractivity (Wildman–Crippen MR) is 82.6 cm³/mol. The van der Waals surface area contributed by atoms with E-state index >= 15 is 0 Å². The molecule has 106 valence electrons. The molecule has 1 aromatic heterocycles. The highest BCUT2D eigenvalue weighted by atomic mass is 79.9. The van der Waals surface area contributed by atoms with Crippen molar-refractivity contribution in [2.24, 2.45) is 5.41 Å². The van der Waals surface area contributed by atoms with E-state index in [2.05, 4.69) is 55.4 Å². The number of rotatable bonds is 4. The fourth-order valence-electron chi connectivity index (χ4n) is 2.24. The van der Waals surface area contributed by atoms with Crippen molar-refractivity contribution in [1.29, 1.82) is 0 Å². The molecule has 1 saturated heterocycles. The topological polar surface area (TPSA) is 53.1 Å². The zero-order valence-corrected chi connectivity index (χ0v) is 13.4. The van der Waals surface area contributed by atoms with Crippen LogP contribution in [0.25, 0.3) is 0 Å². The van der Waals surface area contributed by atoms with Crippen molar-refractivity contribution in [2.45, 2.75) is 19.8 Å². The van der Waals surface area contributed by atoms with E-state index in [0.717, 1.165) is 16.8 Å². The molecule has 1 fully saturated rings. The third kappa shape index (κ3) is 3.79. The van der Waals surface area contributed by atoms with Crippen LogP contribution >= 0.6 is 15.9 Å². The van der Waals surface area contributed by atoms with Crippen molar-refractivity contribution >= 4 is 27.7 Å². The lowest BCUT2D eigenvalue weighted by Gasteiger charge is -2.38. The van der Waals surface area contributed by atoms with Crippen LogP contribution in [0.1, 0.15) is 19.8 Å². The van der Waals surface area contributed by atoms with Gasteiger partial charge in [0, 0.05) is 19.8 Å². The molecule has 0 aromatic carbocycles. The second kappa shape index (κ2) is 6.05. The molecule has 0 radical (unpaired) electrons. The van der Waals surface area contributed by atoms with Gasteiger partial charge in [0.15, 0.2) is 0 Å². The van der Waals surface area contributed by atoms with Gasteiger partial charge in [-0.25, -0.2) is 4.98 Å². The summed E-state index contributed by atoms with van der Waals surface area (Å²) in [5, 5.41) is 6.41. The highest BCUT2D eigenvalue weighted by Crippen LogP contribution is 2.31. The van der Waals surface area contributed by atoms with Crippen LogP contribution < -0.4 is 10.6 Å². The molecule has 0 saturated carbocycles. The van der Waals surface area contributed by atoms with Crippen LogP contribution in [-0.4, -0.2) is 48.6 Å². The van der Waals surface area contributed by atoms with Gasteiger partial charge >= 0.3 is 0 Å². The maximum absolute atomic E-state index is 4.43. The van der Waals surface area contributed by atoms with Crippen LogP contribution in [0.4, 0.5) is 11.8 Å². The molecule has 1 aromatic rings. The average Bonchev–Trinajstić information content (AvgIpc) is 2.42. The van der Waals surface area contributed by atoms with Gasteiger partial charge in [-0.2, -0.15) is 4.98 Å². The summed E-state index contributed by atoms with van der Waals surface area (Å²) in [6.45, 7) is 5.64. The lowest BCUT2D eigenvalue weighted by Crippen LogP contribution is -2.40. The van der Waals surface area contributed by atoms with Gasteiger partial charge in [-0.3, -0.25) is 0 Å². The molecule has 5 nitrogen and oxygen atoms in total. The Morgan fingerprint density at radius 3 is 2.74 bits per heavy atom. The summed E-state index contributed by atoms with van der Waals surface area (Å²) in [6.07, 6.45) is 4.22. The van der Waals surface area contributed by atoms with E-state index in [0.29, 0.717) is 11.4 Å². The van der Waals surface area contributed by atoms with Gasteiger partial charge in [-0.1, -0.05) is 6.92 Å². The number of anilines is 2. The molecule has 0 amide bonds. The molecular weight excluding hydrogens is 306 g/mol. The molecule has 1 aliphatic heterocycles. The molecule has 2 N–H and O–H groups in total. The number of nitrogens with one attached hydrogen (secondary N) is 2. The molecule has 0 spiro atoms. The van der Waals surface area contributed by atoms with Crippen molar-refractivity contribution in [1.82, 2.24) is 14.9 Å². The Morgan fingerprint density at radius 1 is 1.42 bits per heavy atom. The highest BCUT2D eigenvalue weighted by molar-refractivity contribution is 9.10. The van der Waals surface area contributed by atoms with E-state index in [1.165, 1.54) is 25.9 Å². The Hall–Kier alpha value is -0.880. The van der Waals surface area contributed by atoms with Crippen molar-refractivity contribution in [3.8, 4) is 0 Å². The average molecular weight is 328 g/mol. The SMILES string of the molecule is CNc1ncc(Br)c(NCC2(C)CCN(C)CC2)n1. The van der Waals surface area contributed by atoms with E-state index in [9.17, 15) is 0 Å². The van der Waals surface area contributed by atoms with Crippen LogP contribution in [0.5, 0.6) is 0 Å². The maximum atomic E-state index is 4.43. The molecule has 0 aliphatic carbocycles. The summed E-state index contributed by atoms with van der Waals surface area (Å²) >= 11 is 3.49. The van der Waals surface area contributed by atoms with E-state index in [1.807, 2.05) is 7.05 Å². The summed E-state index contributed by atoms with van der Waals surface area (Å²) in [5.74, 6) is 1.50. The minimum absolute atomic E-state index is 0.344. The van der Waals surface area contributed by atoms with Crippen molar-refractivity contribution in [3.63, 3.8) is 0 Å². The molecule has 0 atom stereocenters. The Bertz CT molecular complexity index is 429. The van der Waals surface area contributed by atoms with E-state index in [1.54, 1.807) is 6.20 Å². The number of aromatic nitrogens is 2. The van der Waals surface area contributed by atoms with E-state index in [-0.39, 0.29) is 0 Å². The number of halogens is 1. The Morgan fingerprint density at radius 2 is 2.11 bits per heavy atom. The quantitative estimate of drug-likeness (QED) is 0.889. The summed E-state index contributed by atoms with van der Waals surface area (Å²) in [5.41, 5.74) is 0.344. The van der Waals surface area contributed by atoms with Gasteiger partial charge in [0.05, 0.1) is 4.47 Å². The van der Waals surface area contributed by atoms with Crippen LogP contribution in [0.2, 0.25) is 0 Å². The molecule has 19 heavy (non-hydrogen) atoms. The molecule has 1 aliphatic rings. The Balaban J connectivity index is 1.98. The number of hydrogen-bond donors (Lipinski definition) is 2. The molecular formula is C13H22BrN5. The Labute approximate surface area is 123 Å². The zero-order valence-electron chi connectivity index (χ0n) is 11.8. The summed E-state index contributed by atoms with van der Waals surface area (Å²) in [6, 6.07) is 0. The van der Waals surface area contributed by atoms with Gasteiger partial charge in [0.2, 0.25) is 5.95 Å². The van der Waals surface area contributed by atoms with Crippen molar-refractivity contribution < 1.29 is 0 Å². The first-order chi connectivity index (χ1) is 9.02. The van der Waals surface area contributed by atoms with E-state index < -0.39 is 0 Å². The third-order valence-electron chi connectivity index (χ3n) is 3.84. The van der Waals surface area contributed by atoms with Crippen LogP contribution in [0, 0.1) is 5.41 Å². The first-order valence-electron chi connectivity index (χ1n) is 6.65. The van der Waals surface area contributed by atoms with Crippen LogP contribution in [0.3, 0.4) is 0 Å². The summed E-state index contributed by atoms with van der Waals surface area (Å²) in [4.78, 5) is 11.0.